The fourth-order valence-corrected chi connectivity index (χ4v) is 2.51. The molecule has 1 aliphatic carbocycles. The van der Waals surface area contributed by atoms with Crippen LogP contribution in [0.3, 0.4) is 0 Å². The molecule has 1 N–H and O–H groups in total. The summed E-state index contributed by atoms with van der Waals surface area (Å²) in [6, 6.07) is -0.300. The molecule has 1 aliphatic heterocycles. The quantitative estimate of drug-likeness (QED) is 0.802. The Hall–Kier alpha value is -1.06. The van der Waals surface area contributed by atoms with Gasteiger partial charge in [0.2, 0.25) is 11.8 Å². The van der Waals surface area contributed by atoms with Crippen molar-refractivity contribution >= 4 is 11.8 Å². The molecular formula is C13H22N2O2. The highest BCUT2D eigenvalue weighted by Crippen LogP contribution is 2.29. The van der Waals surface area contributed by atoms with E-state index in [0.717, 1.165) is 18.9 Å². The molecule has 1 saturated heterocycles. The minimum absolute atomic E-state index is 0.0105. The first-order valence-corrected chi connectivity index (χ1v) is 6.79. The van der Waals surface area contributed by atoms with Crippen LogP contribution in [0.4, 0.5) is 0 Å². The molecule has 1 saturated carbocycles. The maximum Gasteiger partial charge on any atom is 0.245 e. The first-order chi connectivity index (χ1) is 8.20. The normalized spacial score (nSPS) is 26.4. The molecule has 0 radical (unpaired) electrons. The van der Waals surface area contributed by atoms with Crippen molar-refractivity contribution in [2.24, 2.45) is 5.92 Å². The van der Waals surface area contributed by atoms with Gasteiger partial charge in [0.15, 0.2) is 0 Å². The van der Waals surface area contributed by atoms with E-state index >= 15 is 0 Å². The molecule has 2 fully saturated rings. The standard InChI is InChI=1S/C13H22N2O2/c1-2-11-13(17)15(9-7-12(16)14-11)8-6-10-4-3-5-10/h10-11H,2-9H2,1H3,(H,14,16). The van der Waals surface area contributed by atoms with Gasteiger partial charge in [0, 0.05) is 19.5 Å². The number of rotatable bonds is 4. The van der Waals surface area contributed by atoms with Crippen LogP contribution in [0.25, 0.3) is 0 Å². The molecule has 2 rings (SSSR count). The highest BCUT2D eigenvalue weighted by Gasteiger charge is 2.29. The third-order valence-electron chi connectivity index (χ3n) is 3.99. The fraction of sp³-hybridized carbons (Fsp3) is 0.846. The molecule has 0 bridgehead atoms. The summed E-state index contributed by atoms with van der Waals surface area (Å²) in [5, 5.41) is 2.79. The Balaban J connectivity index is 1.89. The largest absolute Gasteiger partial charge is 0.344 e. The number of nitrogens with zero attached hydrogens (tertiary/aromatic N) is 1. The summed E-state index contributed by atoms with van der Waals surface area (Å²) in [7, 11) is 0. The number of hydrogen-bond donors (Lipinski definition) is 1. The molecule has 96 valence electrons. The second-order valence-electron chi connectivity index (χ2n) is 5.19. The Kier molecular flexibility index (Phi) is 4.02. The van der Waals surface area contributed by atoms with Gasteiger partial charge >= 0.3 is 0 Å². The lowest BCUT2D eigenvalue weighted by Crippen LogP contribution is -2.44. The van der Waals surface area contributed by atoms with Crippen molar-refractivity contribution < 1.29 is 9.59 Å². The average molecular weight is 238 g/mol. The van der Waals surface area contributed by atoms with Gasteiger partial charge in [-0.25, -0.2) is 0 Å². The molecule has 0 aromatic carbocycles. The molecule has 4 nitrogen and oxygen atoms in total. The number of hydrogen-bond acceptors (Lipinski definition) is 2. The van der Waals surface area contributed by atoms with Crippen molar-refractivity contribution in [1.29, 1.82) is 0 Å². The summed E-state index contributed by atoms with van der Waals surface area (Å²) >= 11 is 0. The minimum atomic E-state index is -0.300. The first kappa shape index (κ1) is 12.4. The van der Waals surface area contributed by atoms with Gasteiger partial charge in [0.1, 0.15) is 6.04 Å². The second kappa shape index (κ2) is 5.52. The van der Waals surface area contributed by atoms with Gasteiger partial charge in [-0.3, -0.25) is 9.59 Å². The second-order valence-corrected chi connectivity index (χ2v) is 5.19. The summed E-state index contributed by atoms with van der Waals surface area (Å²) in [6.07, 6.45) is 6.22. The zero-order valence-corrected chi connectivity index (χ0v) is 10.6. The SMILES string of the molecule is CCC1NC(=O)CCN(CCC2CCC2)C1=O. The van der Waals surface area contributed by atoms with Gasteiger partial charge in [-0.2, -0.15) is 0 Å². The third-order valence-corrected chi connectivity index (χ3v) is 3.99. The van der Waals surface area contributed by atoms with Gasteiger partial charge in [-0.1, -0.05) is 26.2 Å². The van der Waals surface area contributed by atoms with E-state index in [1.807, 2.05) is 11.8 Å². The molecule has 0 aromatic rings. The third kappa shape index (κ3) is 2.99. The van der Waals surface area contributed by atoms with Crippen molar-refractivity contribution in [3.8, 4) is 0 Å². The predicted molar refractivity (Wildman–Crippen MR) is 65.4 cm³/mol. The number of nitrogens with one attached hydrogen (secondary N) is 1. The van der Waals surface area contributed by atoms with E-state index in [4.69, 9.17) is 0 Å². The Bertz CT molecular complexity index is 300. The predicted octanol–water partition coefficient (Wildman–Crippen LogP) is 1.30. The Morgan fingerprint density at radius 1 is 1.35 bits per heavy atom. The fourth-order valence-electron chi connectivity index (χ4n) is 2.51. The van der Waals surface area contributed by atoms with Gasteiger partial charge in [-0.15, -0.1) is 0 Å². The summed E-state index contributed by atoms with van der Waals surface area (Å²) in [5.74, 6) is 0.934. The summed E-state index contributed by atoms with van der Waals surface area (Å²) in [5.41, 5.74) is 0. The lowest BCUT2D eigenvalue weighted by molar-refractivity contribution is -0.133. The number of amides is 2. The molecular weight excluding hydrogens is 216 g/mol. The van der Waals surface area contributed by atoms with Crippen LogP contribution < -0.4 is 5.32 Å². The smallest absolute Gasteiger partial charge is 0.245 e. The summed E-state index contributed by atoms with van der Waals surface area (Å²) < 4.78 is 0. The highest BCUT2D eigenvalue weighted by atomic mass is 16.2. The van der Waals surface area contributed by atoms with Gasteiger partial charge in [0.05, 0.1) is 0 Å². The zero-order valence-electron chi connectivity index (χ0n) is 10.6. The van der Waals surface area contributed by atoms with Crippen molar-refractivity contribution in [3.63, 3.8) is 0 Å². The monoisotopic (exact) mass is 238 g/mol. The van der Waals surface area contributed by atoms with Crippen LogP contribution in [0.5, 0.6) is 0 Å². The molecule has 4 heteroatoms. The van der Waals surface area contributed by atoms with E-state index in [1.54, 1.807) is 0 Å². The Labute approximate surface area is 103 Å². The lowest BCUT2D eigenvalue weighted by Gasteiger charge is -2.29. The van der Waals surface area contributed by atoms with Crippen LogP contribution in [-0.4, -0.2) is 35.8 Å². The van der Waals surface area contributed by atoms with Crippen molar-refractivity contribution in [1.82, 2.24) is 10.2 Å². The van der Waals surface area contributed by atoms with Crippen LogP contribution in [-0.2, 0) is 9.59 Å². The van der Waals surface area contributed by atoms with Crippen molar-refractivity contribution in [2.75, 3.05) is 13.1 Å². The summed E-state index contributed by atoms with van der Waals surface area (Å²) in [6.45, 7) is 3.36. The van der Waals surface area contributed by atoms with Gasteiger partial charge in [-0.05, 0) is 18.8 Å². The first-order valence-electron chi connectivity index (χ1n) is 6.79. The average Bonchev–Trinajstić information content (AvgIpc) is 2.39. The Morgan fingerprint density at radius 3 is 2.71 bits per heavy atom. The van der Waals surface area contributed by atoms with E-state index in [9.17, 15) is 9.59 Å². The molecule has 1 heterocycles. The molecule has 0 aromatic heterocycles. The number of carbonyl (C=O) groups is 2. The van der Waals surface area contributed by atoms with E-state index in [-0.39, 0.29) is 17.9 Å². The minimum Gasteiger partial charge on any atom is -0.344 e. The van der Waals surface area contributed by atoms with Crippen LogP contribution in [0.15, 0.2) is 0 Å². The molecule has 2 aliphatic rings. The molecule has 17 heavy (non-hydrogen) atoms. The van der Waals surface area contributed by atoms with Crippen LogP contribution >= 0.6 is 0 Å². The van der Waals surface area contributed by atoms with E-state index in [1.165, 1.54) is 19.3 Å². The zero-order chi connectivity index (χ0) is 12.3. The van der Waals surface area contributed by atoms with Crippen molar-refractivity contribution in [2.45, 2.75) is 51.5 Å². The van der Waals surface area contributed by atoms with Gasteiger partial charge < -0.3 is 10.2 Å². The van der Waals surface area contributed by atoms with Crippen LogP contribution in [0.1, 0.15) is 45.4 Å². The van der Waals surface area contributed by atoms with Gasteiger partial charge in [0.25, 0.3) is 0 Å². The Morgan fingerprint density at radius 2 is 2.12 bits per heavy atom. The molecule has 1 unspecified atom stereocenters. The molecule has 2 amide bonds. The van der Waals surface area contributed by atoms with Crippen LogP contribution in [0.2, 0.25) is 0 Å². The van der Waals surface area contributed by atoms with Crippen molar-refractivity contribution in [3.05, 3.63) is 0 Å². The lowest BCUT2D eigenvalue weighted by atomic mass is 9.83. The highest BCUT2D eigenvalue weighted by molar-refractivity contribution is 5.89. The van der Waals surface area contributed by atoms with E-state index < -0.39 is 0 Å². The number of carbonyl (C=O) groups excluding carboxylic acids is 2. The maximum absolute atomic E-state index is 12.2. The molecule has 0 spiro atoms. The molecule has 1 atom stereocenters. The van der Waals surface area contributed by atoms with E-state index in [2.05, 4.69) is 5.32 Å². The maximum atomic E-state index is 12.2. The topological polar surface area (TPSA) is 49.4 Å². The van der Waals surface area contributed by atoms with Crippen LogP contribution in [0, 0.1) is 5.92 Å². The summed E-state index contributed by atoms with van der Waals surface area (Å²) in [4.78, 5) is 25.5. The van der Waals surface area contributed by atoms with E-state index in [0.29, 0.717) is 19.4 Å².